The van der Waals surface area contributed by atoms with Crippen molar-refractivity contribution >= 4 is 24.0 Å². The Balaban J connectivity index is 0.00000312. The van der Waals surface area contributed by atoms with Crippen molar-refractivity contribution in [3.05, 3.63) is 18.2 Å². The van der Waals surface area contributed by atoms with Crippen LogP contribution in [0.1, 0.15) is 26.2 Å². The molecule has 0 aromatic heterocycles. The maximum atomic E-state index is 12.5. The molecule has 1 atom stereocenters. The number of methoxy groups -OCH3 is 1. The number of hydrogen-bond donors (Lipinski definition) is 2. The zero-order chi connectivity index (χ0) is 17.5. The third-order valence-corrected chi connectivity index (χ3v) is 4.37. The molecule has 1 aliphatic rings. The van der Waals surface area contributed by atoms with Gasteiger partial charge in [-0.3, -0.25) is 4.79 Å². The fourth-order valence-corrected chi connectivity index (χ4v) is 3.01. The Labute approximate surface area is 152 Å². The van der Waals surface area contributed by atoms with Gasteiger partial charge in [0.05, 0.1) is 12.8 Å². The van der Waals surface area contributed by atoms with Crippen molar-refractivity contribution in [3.63, 3.8) is 0 Å². The van der Waals surface area contributed by atoms with E-state index in [4.69, 9.17) is 4.74 Å². The van der Waals surface area contributed by atoms with Crippen LogP contribution in [0.4, 0.5) is 14.5 Å². The first-order valence-corrected chi connectivity index (χ1v) is 8.13. The van der Waals surface area contributed by atoms with Crippen LogP contribution in [0.3, 0.4) is 0 Å². The lowest BCUT2D eigenvalue weighted by molar-refractivity contribution is -0.117. The number of hydrogen-bond acceptors (Lipinski definition) is 4. The Bertz CT molecular complexity index is 555. The monoisotopic (exact) mass is 378 g/mol. The number of benzene rings is 1. The van der Waals surface area contributed by atoms with E-state index in [9.17, 15) is 13.6 Å². The molecule has 0 aliphatic carbocycles. The lowest BCUT2D eigenvalue weighted by atomic mass is 9.84. The van der Waals surface area contributed by atoms with Gasteiger partial charge >= 0.3 is 6.61 Å². The average molecular weight is 379 g/mol. The Morgan fingerprint density at radius 2 is 2.04 bits per heavy atom. The van der Waals surface area contributed by atoms with Gasteiger partial charge in [0.15, 0.2) is 0 Å². The Morgan fingerprint density at radius 3 is 2.64 bits per heavy atom. The highest BCUT2D eigenvalue weighted by molar-refractivity contribution is 5.92. The van der Waals surface area contributed by atoms with Crippen molar-refractivity contribution in [1.29, 1.82) is 0 Å². The van der Waals surface area contributed by atoms with Crippen molar-refractivity contribution in [2.45, 2.75) is 32.8 Å². The molecule has 2 rings (SSSR count). The summed E-state index contributed by atoms with van der Waals surface area (Å²) in [7, 11) is 1.47. The maximum Gasteiger partial charge on any atom is 0.387 e. The van der Waals surface area contributed by atoms with Crippen LogP contribution in [-0.2, 0) is 4.79 Å². The van der Waals surface area contributed by atoms with E-state index >= 15 is 0 Å². The number of anilines is 1. The molecule has 1 aromatic carbocycles. The SMILES string of the molecule is COc1ccc(OC(F)F)c(NC(=O)CC(C)C2CCNCC2)c1.Cl. The minimum atomic E-state index is -2.96. The fraction of sp³-hybridized carbons (Fsp3) is 0.588. The molecule has 142 valence electrons. The van der Waals surface area contributed by atoms with Crippen LogP contribution in [0.15, 0.2) is 18.2 Å². The molecule has 1 aromatic rings. The first-order chi connectivity index (χ1) is 11.5. The lowest BCUT2D eigenvalue weighted by Crippen LogP contribution is -2.32. The number of halogens is 3. The number of carbonyl (C=O) groups excluding carboxylic acids is 1. The summed E-state index contributed by atoms with van der Waals surface area (Å²) in [5.74, 6) is 0.900. The molecule has 5 nitrogen and oxygen atoms in total. The van der Waals surface area contributed by atoms with Gasteiger partial charge < -0.3 is 20.1 Å². The smallest absolute Gasteiger partial charge is 0.387 e. The van der Waals surface area contributed by atoms with E-state index in [0.717, 1.165) is 25.9 Å². The molecule has 0 bridgehead atoms. The van der Waals surface area contributed by atoms with Crippen LogP contribution >= 0.6 is 12.4 Å². The summed E-state index contributed by atoms with van der Waals surface area (Å²) in [6.07, 6.45) is 2.44. The molecular formula is C17H25ClF2N2O3. The number of alkyl halides is 2. The summed E-state index contributed by atoms with van der Waals surface area (Å²) in [4.78, 5) is 12.3. The van der Waals surface area contributed by atoms with Crippen molar-refractivity contribution < 1.29 is 23.0 Å². The first kappa shape index (κ1) is 21.4. The van der Waals surface area contributed by atoms with E-state index in [2.05, 4.69) is 22.3 Å². The van der Waals surface area contributed by atoms with E-state index < -0.39 is 6.61 Å². The van der Waals surface area contributed by atoms with Gasteiger partial charge in [0.1, 0.15) is 11.5 Å². The Kier molecular flexibility index (Phi) is 8.92. The van der Waals surface area contributed by atoms with Gasteiger partial charge in [-0.05, 0) is 49.9 Å². The molecule has 0 spiro atoms. The zero-order valence-corrected chi connectivity index (χ0v) is 15.2. The summed E-state index contributed by atoms with van der Waals surface area (Å²) in [5.41, 5.74) is 0.192. The number of rotatable bonds is 7. The second-order valence-electron chi connectivity index (χ2n) is 6.06. The Hall–Kier alpha value is -1.60. The topological polar surface area (TPSA) is 59.6 Å². The van der Waals surface area contributed by atoms with Gasteiger partial charge in [0.25, 0.3) is 0 Å². The highest BCUT2D eigenvalue weighted by Gasteiger charge is 2.22. The van der Waals surface area contributed by atoms with E-state index in [1.807, 2.05) is 0 Å². The third-order valence-electron chi connectivity index (χ3n) is 4.37. The molecule has 1 heterocycles. The predicted octanol–water partition coefficient (Wildman–Crippen LogP) is 3.68. The number of piperidine rings is 1. The van der Waals surface area contributed by atoms with Gasteiger partial charge in [-0.25, -0.2) is 0 Å². The van der Waals surface area contributed by atoms with E-state index in [-0.39, 0.29) is 35.7 Å². The van der Waals surface area contributed by atoms with Crippen LogP contribution in [0, 0.1) is 11.8 Å². The Morgan fingerprint density at radius 1 is 1.36 bits per heavy atom. The predicted molar refractivity (Wildman–Crippen MR) is 94.9 cm³/mol. The van der Waals surface area contributed by atoms with Gasteiger partial charge in [0, 0.05) is 12.5 Å². The molecule has 1 unspecified atom stereocenters. The molecule has 0 saturated carbocycles. The van der Waals surface area contributed by atoms with E-state index in [1.165, 1.54) is 25.3 Å². The van der Waals surface area contributed by atoms with Crippen molar-refractivity contribution in [2.24, 2.45) is 11.8 Å². The molecule has 1 saturated heterocycles. The first-order valence-electron chi connectivity index (χ1n) is 8.13. The van der Waals surface area contributed by atoms with E-state index in [1.54, 1.807) is 0 Å². The lowest BCUT2D eigenvalue weighted by Gasteiger charge is -2.28. The van der Waals surface area contributed by atoms with Crippen LogP contribution in [0.5, 0.6) is 11.5 Å². The second-order valence-corrected chi connectivity index (χ2v) is 6.06. The number of amides is 1. The zero-order valence-electron chi connectivity index (χ0n) is 14.4. The highest BCUT2D eigenvalue weighted by atomic mass is 35.5. The molecule has 2 N–H and O–H groups in total. The second kappa shape index (κ2) is 10.4. The summed E-state index contributed by atoms with van der Waals surface area (Å²) < 4.78 is 34.5. The summed E-state index contributed by atoms with van der Waals surface area (Å²) in [5, 5.41) is 5.97. The molecule has 1 amide bonds. The highest BCUT2D eigenvalue weighted by Crippen LogP contribution is 2.31. The summed E-state index contributed by atoms with van der Waals surface area (Å²) >= 11 is 0. The van der Waals surface area contributed by atoms with Gasteiger partial charge in [-0.2, -0.15) is 8.78 Å². The molecular weight excluding hydrogens is 354 g/mol. The molecule has 0 radical (unpaired) electrons. The number of carbonyl (C=O) groups is 1. The summed E-state index contributed by atoms with van der Waals surface area (Å²) in [6, 6.07) is 4.34. The standard InChI is InChI=1S/C17H24F2N2O3.ClH/c1-11(12-5-7-20-8-6-12)9-16(22)21-14-10-13(23-2)3-4-15(14)24-17(18)19;/h3-4,10-12,17,20H,5-9H2,1-2H3,(H,21,22);1H. The molecule has 8 heteroatoms. The third kappa shape index (κ3) is 6.66. The molecule has 1 aliphatic heterocycles. The fourth-order valence-electron chi connectivity index (χ4n) is 3.01. The largest absolute Gasteiger partial charge is 0.497 e. The van der Waals surface area contributed by atoms with Gasteiger partial charge in [-0.15, -0.1) is 12.4 Å². The molecule has 1 fully saturated rings. The number of nitrogens with one attached hydrogen (secondary N) is 2. The van der Waals surface area contributed by atoms with Crippen LogP contribution in [0.2, 0.25) is 0 Å². The van der Waals surface area contributed by atoms with Gasteiger partial charge in [-0.1, -0.05) is 6.92 Å². The minimum Gasteiger partial charge on any atom is -0.497 e. The van der Waals surface area contributed by atoms with Gasteiger partial charge in [0.2, 0.25) is 5.91 Å². The van der Waals surface area contributed by atoms with Crippen LogP contribution in [-0.4, -0.2) is 32.7 Å². The molecule has 25 heavy (non-hydrogen) atoms. The van der Waals surface area contributed by atoms with E-state index in [0.29, 0.717) is 18.1 Å². The normalized spacial score (nSPS) is 16.0. The average Bonchev–Trinajstić information content (AvgIpc) is 2.56. The van der Waals surface area contributed by atoms with Crippen molar-refractivity contribution in [3.8, 4) is 11.5 Å². The van der Waals surface area contributed by atoms with Crippen LogP contribution in [0.25, 0.3) is 0 Å². The van der Waals surface area contributed by atoms with Crippen LogP contribution < -0.4 is 20.1 Å². The number of ether oxygens (including phenoxy) is 2. The van der Waals surface area contributed by atoms with Crippen molar-refractivity contribution in [2.75, 3.05) is 25.5 Å². The maximum absolute atomic E-state index is 12.5. The van der Waals surface area contributed by atoms with Crippen molar-refractivity contribution in [1.82, 2.24) is 5.32 Å². The summed E-state index contributed by atoms with van der Waals surface area (Å²) in [6.45, 7) is 1.04. The quantitative estimate of drug-likeness (QED) is 0.759. The minimum absolute atomic E-state index is 0.